The fourth-order valence-electron chi connectivity index (χ4n) is 0.851. The van der Waals surface area contributed by atoms with E-state index in [0.717, 1.165) is 0 Å². The molecule has 0 spiro atoms. The van der Waals surface area contributed by atoms with Gasteiger partial charge in [0.05, 0.1) is 13.2 Å². The van der Waals surface area contributed by atoms with E-state index >= 15 is 0 Å². The highest BCUT2D eigenvalue weighted by Gasteiger charge is 2.20. The molecule has 96 valence electrons. The monoisotopic (exact) mass is 253 g/mol. The van der Waals surface area contributed by atoms with Gasteiger partial charge in [-0.05, 0) is 6.92 Å². The number of rotatable bonds is 9. The van der Waals surface area contributed by atoms with Gasteiger partial charge >= 0.3 is 7.82 Å². The van der Waals surface area contributed by atoms with Gasteiger partial charge in [-0.1, -0.05) is 13.8 Å². The highest BCUT2D eigenvalue weighted by molar-refractivity contribution is 7.47. The Bertz CT molecular complexity index is 256. The summed E-state index contributed by atoms with van der Waals surface area (Å²) in [6.07, 6.45) is 0.109. The van der Waals surface area contributed by atoms with Crippen molar-refractivity contribution >= 4 is 13.6 Å². The number of carbonyl (C=O) groups is 1. The van der Waals surface area contributed by atoms with Gasteiger partial charge in [-0.3, -0.25) is 13.8 Å². The Labute approximate surface area is 95.9 Å². The molecular weight excluding hydrogens is 233 g/mol. The van der Waals surface area contributed by atoms with Crippen molar-refractivity contribution in [1.29, 1.82) is 0 Å². The van der Waals surface area contributed by atoms with Gasteiger partial charge in [0, 0.05) is 19.0 Å². The fourth-order valence-corrected chi connectivity index (χ4v) is 1.57. The van der Waals surface area contributed by atoms with Crippen molar-refractivity contribution in [3.05, 3.63) is 0 Å². The Morgan fingerprint density at radius 3 is 2.44 bits per heavy atom. The molecule has 0 aliphatic rings. The van der Waals surface area contributed by atoms with Gasteiger partial charge in [-0.25, -0.2) is 4.57 Å². The minimum absolute atomic E-state index is 0.0893. The van der Waals surface area contributed by atoms with Crippen LogP contribution in [-0.2, 0) is 18.4 Å². The number of ketones is 1. The zero-order valence-corrected chi connectivity index (χ0v) is 10.8. The van der Waals surface area contributed by atoms with Crippen molar-refractivity contribution in [2.24, 2.45) is 0 Å². The standard InChI is InChI=1S/C9H20NO5P/c1-8(2)10-5-7-15-16(12,13)14-6-4-9(3)11/h8,10H,4-7H2,1-3H3,(H,12,13). The molecule has 0 heterocycles. The summed E-state index contributed by atoms with van der Waals surface area (Å²) in [5, 5.41) is 3.03. The minimum atomic E-state index is -4.00. The summed E-state index contributed by atoms with van der Waals surface area (Å²) in [5.74, 6) is -0.0959. The number of phosphoric acid groups is 1. The zero-order chi connectivity index (χ0) is 12.6. The van der Waals surface area contributed by atoms with E-state index in [2.05, 4.69) is 14.4 Å². The normalized spacial score (nSPS) is 15.1. The van der Waals surface area contributed by atoms with Crippen LogP contribution in [0, 0.1) is 0 Å². The van der Waals surface area contributed by atoms with Crippen LogP contribution in [-0.4, -0.2) is 36.5 Å². The quantitative estimate of drug-likeness (QED) is 0.472. The van der Waals surface area contributed by atoms with E-state index in [0.29, 0.717) is 12.6 Å². The molecule has 0 radical (unpaired) electrons. The second-order valence-electron chi connectivity index (χ2n) is 3.70. The third-order valence-electron chi connectivity index (χ3n) is 1.62. The van der Waals surface area contributed by atoms with Crippen molar-refractivity contribution in [3.8, 4) is 0 Å². The van der Waals surface area contributed by atoms with Crippen molar-refractivity contribution in [2.45, 2.75) is 33.2 Å². The molecule has 6 nitrogen and oxygen atoms in total. The molecule has 0 aromatic heterocycles. The molecule has 0 bridgehead atoms. The lowest BCUT2D eigenvalue weighted by Gasteiger charge is -2.12. The number of Topliss-reactive ketones (excluding diaryl/α,β-unsaturated/α-hetero) is 1. The molecule has 2 N–H and O–H groups in total. The third-order valence-corrected chi connectivity index (χ3v) is 2.64. The van der Waals surface area contributed by atoms with Crippen molar-refractivity contribution in [2.75, 3.05) is 19.8 Å². The van der Waals surface area contributed by atoms with E-state index in [1.54, 1.807) is 0 Å². The molecule has 0 saturated heterocycles. The smallest absolute Gasteiger partial charge is 0.312 e. The topological polar surface area (TPSA) is 84.9 Å². The maximum absolute atomic E-state index is 11.2. The van der Waals surface area contributed by atoms with E-state index in [4.69, 9.17) is 4.89 Å². The van der Waals surface area contributed by atoms with Crippen LogP contribution in [0.1, 0.15) is 27.2 Å². The largest absolute Gasteiger partial charge is 0.472 e. The number of hydrogen-bond acceptors (Lipinski definition) is 5. The predicted molar refractivity (Wildman–Crippen MR) is 60.2 cm³/mol. The van der Waals surface area contributed by atoms with Gasteiger partial charge in [0.15, 0.2) is 0 Å². The van der Waals surface area contributed by atoms with Crippen LogP contribution >= 0.6 is 7.82 Å². The van der Waals surface area contributed by atoms with Crippen LogP contribution in [0.4, 0.5) is 0 Å². The van der Waals surface area contributed by atoms with Crippen molar-refractivity contribution in [3.63, 3.8) is 0 Å². The Kier molecular flexibility index (Phi) is 7.80. The van der Waals surface area contributed by atoms with Gasteiger partial charge in [0.1, 0.15) is 5.78 Å². The van der Waals surface area contributed by atoms with Crippen molar-refractivity contribution in [1.82, 2.24) is 5.32 Å². The van der Waals surface area contributed by atoms with E-state index in [9.17, 15) is 9.36 Å². The van der Waals surface area contributed by atoms with Gasteiger partial charge in [-0.15, -0.1) is 0 Å². The van der Waals surface area contributed by atoms with Crippen LogP contribution < -0.4 is 5.32 Å². The average molecular weight is 253 g/mol. The second kappa shape index (κ2) is 7.92. The molecule has 1 unspecified atom stereocenters. The molecular formula is C9H20NO5P. The highest BCUT2D eigenvalue weighted by Crippen LogP contribution is 2.42. The summed E-state index contributed by atoms with van der Waals surface area (Å²) >= 11 is 0. The summed E-state index contributed by atoms with van der Waals surface area (Å²) < 4.78 is 20.5. The molecule has 0 aromatic carbocycles. The molecule has 0 amide bonds. The number of hydrogen-bond donors (Lipinski definition) is 2. The first-order valence-electron chi connectivity index (χ1n) is 5.18. The maximum atomic E-state index is 11.2. The SMILES string of the molecule is CC(=O)CCOP(=O)(O)OCCNC(C)C. The Hall–Kier alpha value is -0.260. The molecule has 0 aromatic rings. The Morgan fingerprint density at radius 1 is 1.38 bits per heavy atom. The molecule has 0 fully saturated rings. The highest BCUT2D eigenvalue weighted by atomic mass is 31.2. The van der Waals surface area contributed by atoms with Gasteiger partial charge in [0.2, 0.25) is 0 Å². The minimum Gasteiger partial charge on any atom is -0.312 e. The molecule has 0 aliphatic heterocycles. The van der Waals surface area contributed by atoms with E-state index in [-0.39, 0.29) is 25.4 Å². The van der Waals surface area contributed by atoms with Crippen LogP contribution in [0.2, 0.25) is 0 Å². The third kappa shape index (κ3) is 10.3. The van der Waals surface area contributed by atoms with Crippen LogP contribution in [0.5, 0.6) is 0 Å². The van der Waals surface area contributed by atoms with Gasteiger partial charge < -0.3 is 10.2 Å². The molecule has 0 saturated carbocycles. The summed E-state index contributed by atoms with van der Waals surface area (Å²) in [7, 11) is -4.00. The second-order valence-corrected chi connectivity index (χ2v) is 5.15. The number of phosphoric ester groups is 1. The summed E-state index contributed by atoms with van der Waals surface area (Å²) in [4.78, 5) is 19.7. The van der Waals surface area contributed by atoms with E-state index in [1.165, 1.54) is 6.92 Å². The summed E-state index contributed by atoms with van der Waals surface area (Å²) in [5.41, 5.74) is 0. The first kappa shape index (κ1) is 15.7. The van der Waals surface area contributed by atoms with Crippen molar-refractivity contribution < 1.29 is 23.3 Å². The number of carbonyl (C=O) groups excluding carboxylic acids is 1. The number of nitrogens with one attached hydrogen (secondary N) is 1. The lowest BCUT2D eigenvalue weighted by atomic mass is 10.3. The fraction of sp³-hybridized carbons (Fsp3) is 0.889. The molecule has 0 rings (SSSR count). The lowest BCUT2D eigenvalue weighted by Crippen LogP contribution is -2.26. The van der Waals surface area contributed by atoms with E-state index < -0.39 is 7.82 Å². The molecule has 1 atom stereocenters. The maximum Gasteiger partial charge on any atom is 0.472 e. The molecule has 16 heavy (non-hydrogen) atoms. The Balaban J connectivity index is 3.62. The van der Waals surface area contributed by atoms with Crippen LogP contribution in [0.15, 0.2) is 0 Å². The Morgan fingerprint density at radius 2 is 1.94 bits per heavy atom. The predicted octanol–water partition coefficient (Wildman–Crippen LogP) is 1.10. The van der Waals surface area contributed by atoms with Crippen LogP contribution in [0.3, 0.4) is 0 Å². The lowest BCUT2D eigenvalue weighted by molar-refractivity contribution is -0.117. The summed E-state index contributed by atoms with van der Waals surface area (Å²) in [6.45, 7) is 5.77. The summed E-state index contributed by atoms with van der Waals surface area (Å²) in [6, 6.07) is 0.292. The molecule has 0 aliphatic carbocycles. The zero-order valence-electron chi connectivity index (χ0n) is 9.93. The van der Waals surface area contributed by atoms with E-state index in [1.807, 2.05) is 13.8 Å². The van der Waals surface area contributed by atoms with Gasteiger partial charge in [-0.2, -0.15) is 0 Å². The molecule has 7 heteroatoms. The van der Waals surface area contributed by atoms with Gasteiger partial charge in [0.25, 0.3) is 0 Å². The first-order chi connectivity index (χ1) is 7.33. The first-order valence-corrected chi connectivity index (χ1v) is 6.68. The van der Waals surface area contributed by atoms with Crippen LogP contribution in [0.25, 0.3) is 0 Å². The average Bonchev–Trinajstić information content (AvgIpc) is 2.11.